The van der Waals surface area contributed by atoms with Crippen LogP contribution in [-0.2, 0) is 0 Å². The summed E-state index contributed by atoms with van der Waals surface area (Å²) in [4.78, 5) is 11.4. The second kappa shape index (κ2) is 6.64. The minimum atomic E-state index is 0.217. The monoisotopic (exact) mass is 431 g/mol. The van der Waals surface area contributed by atoms with Crippen molar-refractivity contribution in [2.24, 2.45) is 5.92 Å². The van der Waals surface area contributed by atoms with Gasteiger partial charge >= 0.3 is 0 Å². The molecule has 0 saturated carbocycles. The number of hydrogen-bond donors (Lipinski definition) is 1. The molecule has 1 aliphatic rings. The van der Waals surface area contributed by atoms with Gasteiger partial charge in [0.25, 0.3) is 0 Å². The summed E-state index contributed by atoms with van der Waals surface area (Å²) in [5.74, 6) is 1.04. The van der Waals surface area contributed by atoms with Crippen molar-refractivity contribution in [2.45, 2.75) is 10.5 Å². The second-order valence-corrected chi connectivity index (χ2v) is 7.38. The average Bonchev–Trinajstić information content (AvgIpc) is 3.02. The van der Waals surface area contributed by atoms with Gasteiger partial charge in [-0.05, 0) is 29.3 Å². The molecular weight excluding hydrogens is 413 g/mol. The van der Waals surface area contributed by atoms with Crippen molar-refractivity contribution in [3.8, 4) is 11.3 Å². The molecular formula is C19H18IN3O. The Labute approximate surface area is 154 Å². The number of hydrogen-bond acceptors (Lipinski definition) is 4. The molecule has 2 atom stereocenters. The zero-order chi connectivity index (χ0) is 16.5. The SMILES string of the molecule is OCC1CCN(c2nccc(-c3ccc4ccccc4c3)n2)C1I. The summed E-state index contributed by atoms with van der Waals surface area (Å²) in [6.45, 7) is 1.11. The molecule has 2 heterocycles. The van der Waals surface area contributed by atoms with E-state index in [0.29, 0.717) is 5.92 Å². The minimum Gasteiger partial charge on any atom is -0.396 e. The lowest BCUT2D eigenvalue weighted by Crippen LogP contribution is -2.30. The molecule has 1 aromatic heterocycles. The van der Waals surface area contributed by atoms with Crippen LogP contribution in [-0.4, -0.2) is 32.3 Å². The van der Waals surface area contributed by atoms with E-state index < -0.39 is 0 Å². The molecule has 1 aliphatic heterocycles. The Morgan fingerprint density at radius 1 is 1.12 bits per heavy atom. The molecule has 2 unspecified atom stereocenters. The van der Waals surface area contributed by atoms with Crippen LogP contribution in [0.4, 0.5) is 5.95 Å². The van der Waals surface area contributed by atoms with E-state index in [4.69, 9.17) is 4.98 Å². The fourth-order valence-corrected chi connectivity index (χ4v) is 4.32. The Balaban J connectivity index is 1.69. The lowest BCUT2D eigenvalue weighted by atomic mass is 10.1. The van der Waals surface area contributed by atoms with E-state index in [9.17, 15) is 5.11 Å². The Morgan fingerprint density at radius 3 is 2.75 bits per heavy atom. The van der Waals surface area contributed by atoms with Crippen molar-refractivity contribution < 1.29 is 5.11 Å². The van der Waals surface area contributed by atoms with Crippen molar-refractivity contribution in [2.75, 3.05) is 18.1 Å². The van der Waals surface area contributed by atoms with Crippen LogP contribution in [0.25, 0.3) is 22.0 Å². The summed E-state index contributed by atoms with van der Waals surface area (Å²) in [6, 6.07) is 16.7. The highest BCUT2D eigenvalue weighted by Gasteiger charge is 2.33. The van der Waals surface area contributed by atoms with Crippen LogP contribution in [0.3, 0.4) is 0 Å². The van der Waals surface area contributed by atoms with Crippen LogP contribution < -0.4 is 4.90 Å². The van der Waals surface area contributed by atoms with Crippen LogP contribution in [0.5, 0.6) is 0 Å². The van der Waals surface area contributed by atoms with Gasteiger partial charge in [-0.3, -0.25) is 0 Å². The van der Waals surface area contributed by atoms with E-state index in [-0.39, 0.29) is 10.7 Å². The van der Waals surface area contributed by atoms with Gasteiger partial charge in [-0.15, -0.1) is 0 Å². The third-order valence-corrected chi connectivity index (χ3v) is 6.30. The van der Waals surface area contributed by atoms with Gasteiger partial charge in [0.05, 0.1) is 9.74 Å². The van der Waals surface area contributed by atoms with Gasteiger partial charge in [0.2, 0.25) is 5.95 Å². The summed E-state index contributed by atoms with van der Waals surface area (Å²) in [5, 5.41) is 11.9. The highest BCUT2D eigenvalue weighted by molar-refractivity contribution is 14.1. The first-order valence-electron chi connectivity index (χ1n) is 8.10. The molecule has 24 heavy (non-hydrogen) atoms. The Morgan fingerprint density at radius 2 is 1.96 bits per heavy atom. The molecule has 3 aromatic rings. The van der Waals surface area contributed by atoms with Gasteiger partial charge in [-0.2, -0.15) is 0 Å². The van der Waals surface area contributed by atoms with Crippen molar-refractivity contribution in [1.29, 1.82) is 0 Å². The Bertz CT molecular complexity index is 870. The fourth-order valence-electron chi connectivity index (χ4n) is 3.21. The summed E-state index contributed by atoms with van der Waals surface area (Å²) >= 11 is 2.38. The molecule has 2 aromatic carbocycles. The largest absolute Gasteiger partial charge is 0.396 e. The van der Waals surface area contributed by atoms with Gasteiger partial charge in [-0.25, -0.2) is 9.97 Å². The highest BCUT2D eigenvalue weighted by atomic mass is 127. The van der Waals surface area contributed by atoms with Crippen LogP contribution >= 0.6 is 22.6 Å². The predicted octanol–water partition coefficient (Wildman–Crippen LogP) is 3.88. The number of fused-ring (bicyclic) bond motifs is 1. The van der Waals surface area contributed by atoms with Crippen molar-refractivity contribution in [1.82, 2.24) is 9.97 Å². The normalized spacial score (nSPS) is 20.7. The van der Waals surface area contributed by atoms with E-state index in [0.717, 1.165) is 30.2 Å². The number of alkyl halides is 1. The van der Waals surface area contributed by atoms with Crippen molar-refractivity contribution >= 4 is 39.3 Å². The molecule has 1 saturated heterocycles. The standard InChI is InChI=1S/C19H18IN3O/c20-18-16(12-24)8-10-23(18)19-21-9-7-17(22-19)15-6-5-13-3-1-2-4-14(13)11-15/h1-7,9,11,16,18,24H,8,10,12H2. The van der Waals surface area contributed by atoms with Gasteiger partial charge in [0.1, 0.15) is 0 Å². The fraction of sp³-hybridized carbons (Fsp3) is 0.263. The summed E-state index contributed by atoms with van der Waals surface area (Å²) in [7, 11) is 0. The molecule has 0 spiro atoms. The zero-order valence-corrected chi connectivity index (χ0v) is 15.3. The molecule has 0 amide bonds. The van der Waals surface area contributed by atoms with Crippen molar-refractivity contribution in [3.05, 3.63) is 54.7 Å². The first-order valence-corrected chi connectivity index (χ1v) is 9.34. The predicted molar refractivity (Wildman–Crippen MR) is 105 cm³/mol. The molecule has 1 N–H and O–H groups in total. The zero-order valence-electron chi connectivity index (χ0n) is 13.1. The number of aliphatic hydroxyl groups excluding tert-OH is 1. The smallest absolute Gasteiger partial charge is 0.226 e. The number of benzene rings is 2. The molecule has 122 valence electrons. The van der Waals surface area contributed by atoms with Gasteiger partial charge in [-0.1, -0.05) is 59.0 Å². The topological polar surface area (TPSA) is 49.2 Å². The van der Waals surface area contributed by atoms with E-state index >= 15 is 0 Å². The van der Waals surface area contributed by atoms with E-state index in [1.165, 1.54) is 10.8 Å². The number of nitrogens with zero attached hydrogens (tertiary/aromatic N) is 3. The Kier molecular flexibility index (Phi) is 4.37. The minimum absolute atomic E-state index is 0.217. The maximum Gasteiger partial charge on any atom is 0.226 e. The summed E-state index contributed by atoms with van der Waals surface area (Å²) in [5.41, 5.74) is 2.03. The lowest BCUT2D eigenvalue weighted by Gasteiger charge is -2.22. The van der Waals surface area contributed by atoms with Gasteiger partial charge in [0.15, 0.2) is 0 Å². The summed E-state index contributed by atoms with van der Waals surface area (Å²) < 4.78 is 0.236. The molecule has 0 aliphatic carbocycles. The molecule has 4 rings (SSSR count). The van der Waals surface area contributed by atoms with Crippen LogP contribution in [0.15, 0.2) is 54.7 Å². The van der Waals surface area contributed by atoms with E-state index in [1.807, 2.05) is 12.3 Å². The first kappa shape index (κ1) is 15.8. The van der Waals surface area contributed by atoms with Gasteiger partial charge in [0, 0.05) is 30.8 Å². The summed E-state index contributed by atoms with van der Waals surface area (Å²) in [6.07, 6.45) is 2.80. The average molecular weight is 431 g/mol. The number of anilines is 1. The third kappa shape index (κ3) is 2.86. The van der Waals surface area contributed by atoms with Crippen LogP contribution in [0, 0.1) is 5.92 Å². The van der Waals surface area contributed by atoms with Crippen LogP contribution in [0.1, 0.15) is 6.42 Å². The molecule has 0 bridgehead atoms. The Hall–Kier alpha value is -1.73. The molecule has 0 radical (unpaired) electrons. The maximum absolute atomic E-state index is 9.46. The molecule has 4 nitrogen and oxygen atoms in total. The van der Waals surface area contributed by atoms with E-state index in [1.54, 1.807) is 0 Å². The molecule has 5 heteroatoms. The lowest BCUT2D eigenvalue weighted by molar-refractivity contribution is 0.236. The highest BCUT2D eigenvalue weighted by Crippen LogP contribution is 2.32. The molecule has 1 fully saturated rings. The number of halogens is 1. The third-order valence-electron chi connectivity index (χ3n) is 4.61. The quantitative estimate of drug-likeness (QED) is 0.389. The van der Waals surface area contributed by atoms with Crippen molar-refractivity contribution in [3.63, 3.8) is 0 Å². The van der Waals surface area contributed by atoms with Crippen LogP contribution in [0.2, 0.25) is 0 Å². The number of aliphatic hydroxyl groups is 1. The number of rotatable bonds is 3. The second-order valence-electron chi connectivity index (χ2n) is 6.10. The first-order chi connectivity index (χ1) is 11.8. The number of aromatic nitrogens is 2. The van der Waals surface area contributed by atoms with Gasteiger partial charge < -0.3 is 10.0 Å². The van der Waals surface area contributed by atoms with E-state index in [2.05, 4.69) is 74.9 Å². The maximum atomic E-state index is 9.46.